The molecule has 0 aliphatic heterocycles. The van der Waals surface area contributed by atoms with E-state index in [2.05, 4.69) is 4.98 Å². The number of halogens is 1. The molecule has 0 aliphatic carbocycles. The van der Waals surface area contributed by atoms with Gasteiger partial charge in [-0.25, -0.2) is 4.98 Å². The third-order valence-corrected chi connectivity index (χ3v) is 4.53. The lowest BCUT2D eigenvalue weighted by atomic mass is 10.2. The van der Waals surface area contributed by atoms with Crippen molar-refractivity contribution in [1.29, 1.82) is 0 Å². The zero-order chi connectivity index (χ0) is 17.0. The summed E-state index contributed by atoms with van der Waals surface area (Å²) in [5.41, 5.74) is 1.09. The van der Waals surface area contributed by atoms with E-state index in [9.17, 15) is 9.59 Å². The van der Waals surface area contributed by atoms with E-state index in [0.717, 1.165) is 10.6 Å². The number of aliphatic carboxylic acids is 1. The molecule has 0 atom stereocenters. The third kappa shape index (κ3) is 4.77. The zero-order valence-corrected chi connectivity index (χ0v) is 14.4. The third-order valence-electron chi connectivity index (χ3n) is 3.13. The second-order valence-corrected chi connectivity index (χ2v) is 6.73. The number of rotatable bonds is 6. The van der Waals surface area contributed by atoms with Crippen LogP contribution in [0.5, 0.6) is 0 Å². The second-order valence-electron chi connectivity index (χ2n) is 5.41. The summed E-state index contributed by atoms with van der Waals surface area (Å²) in [7, 11) is 0. The predicted octanol–water partition coefficient (Wildman–Crippen LogP) is 3.65. The van der Waals surface area contributed by atoms with Crippen LogP contribution in [-0.4, -0.2) is 33.4 Å². The van der Waals surface area contributed by atoms with Crippen LogP contribution in [0.2, 0.25) is 5.02 Å². The molecule has 0 unspecified atom stereocenters. The monoisotopic (exact) mass is 352 g/mol. The summed E-state index contributed by atoms with van der Waals surface area (Å²) >= 11 is 7.25. The molecular weight excluding hydrogens is 336 g/mol. The van der Waals surface area contributed by atoms with Gasteiger partial charge in [0.2, 0.25) is 0 Å². The van der Waals surface area contributed by atoms with Crippen LogP contribution in [-0.2, 0) is 11.3 Å². The van der Waals surface area contributed by atoms with Gasteiger partial charge in [0.15, 0.2) is 0 Å². The minimum Gasteiger partial charge on any atom is -0.480 e. The van der Waals surface area contributed by atoms with Crippen molar-refractivity contribution in [3.05, 3.63) is 50.9 Å². The van der Waals surface area contributed by atoms with E-state index in [-0.39, 0.29) is 30.6 Å². The Kier molecular flexibility index (Phi) is 5.74. The minimum atomic E-state index is -1.06. The Balaban J connectivity index is 2.20. The molecule has 0 aliphatic rings. The molecule has 1 aromatic carbocycles. The normalized spacial score (nSPS) is 10.8. The number of nitrogens with zero attached hydrogens (tertiary/aromatic N) is 2. The lowest BCUT2D eigenvalue weighted by Crippen LogP contribution is -2.35. The highest BCUT2D eigenvalue weighted by atomic mass is 35.5. The Morgan fingerprint density at radius 1 is 1.30 bits per heavy atom. The number of hydrogen-bond acceptors (Lipinski definition) is 4. The molecule has 1 N–H and O–H groups in total. The number of hydrogen-bond donors (Lipinski definition) is 1. The SMILES string of the molecule is CC(C)c1nc(C(=O)N(CC(=O)O)Cc2ccc(Cl)cc2)cs1. The summed E-state index contributed by atoms with van der Waals surface area (Å²) in [6, 6.07) is 6.95. The van der Waals surface area contributed by atoms with Crippen LogP contribution in [0, 0.1) is 0 Å². The molecular formula is C16H17ClN2O3S. The Hall–Kier alpha value is -1.92. The van der Waals surface area contributed by atoms with Crippen molar-refractivity contribution in [3.63, 3.8) is 0 Å². The second kappa shape index (κ2) is 7.57. The quantitative estimate of drug-likeness (QED) is 0.861. The number of carbonyl (C=O) groups excluding carboxylic acids is 1. The molecule has 0 fully saturated rings. The molecule has 0 saturated heterocycles. The van der Waals surface area contributed by atoms with E-state index >= 15 is 0 Å². The van der Waals surface area contributed by atoms with Gasteiger partial charge >= 0.3 is 5.97 Å². The topological polar surface area (TPSA) is 70.5 Å². The van der Waals surface area contributed by atoms with Crippen LogP contribution in [0.25, 0.3) is 0 Å². The van der Waals surface area contributed by atoms with Crippen LogP contribution in [0.4, 0.5) is 0 Å². The summed E-state index contributed by atoms with van der Waals surface area (Å²) in [6.07, 6.45) is 0. The average Bonchev–Trinajstić information content (AvgIpc) is 2.97. The fraction of sp³-hybridized carbons (Fsp3) is 0.312. The van der Waals surface area contributed by atoms with E-state index < -0.39 is 5.97 Å². The first-order valence-corrected chi connectivity index (χ1v) is 8.33. The lowest BCUT2D eigenvalue weighted by molar-refractivity contribution is -0.137. The Bertz CT molecular complexity index is 698. The highest BCUT2D eigenvalue weighted by Gasteiger charge is 2.22. The standard InChI is InChI=1S/C16H17ClN2O3S/c1-10(2)15-18-13(9-23-15)16(22)19(8-14(20)21)7-11-3-5-12(17)6-4-11/h3-6,9-10H,7-8H2,1-2H3,(H,20,21). The number of amides is 1. The molecule has 0 spiro atoms. The molecule has 1 amide bonds. The zero-order valence-electron chi connectivity index (χ0n) is 12.8. The van der Waals surface area contributed by atoms with Crippen LogP contribution in [0.15, 0.2) is 29.6 Å². The summed E-state index contributed by atoms with van der Waals surface area (Å²) in [5.74, 6) is -1.22. The number of carbonyl (C=O) groups is 2. The van der Waals surface area contributed by atoms with Gasteiger partial charge in [-0.05, 0) is 17.7 Å². The summed E-state index contributed by atoms with van der Waals surface area (Å²) in [6.45, 7) is 3.80. The average molecular weight is 353 g/mol. The first-order chi connectivity index (χ1) is 10.9. The Morgan fingerprint density at radius 2 is 1.96 bits per heavy atom. The lowest BCUT2D eigenvalue weighted by Gasteiger charge is -2.20. The largest absolute Gasteiger partial charge is 0.480 e. The molecule has 0 radical (unpaired) electrons. The number of carboxylic acid groups (broad SMARTS) is 1. The van der Waals surface area contributed by atoms with Crippen molar-refractivity contribution < 1.29 is 14.7 Å². The molecule has 2 rings (SSSR count). The highest BCUT2D eigenvalue weighted by molar-refractivity contribution is 7.09. The molecule has 23 heavy (non-hydrogen) atoms. The molecule has 0 saturated carbocycles. The van der Waals surface area contributed by atoms with Crippen LogP contribution >= 0.6 is 22.9 Å². The van der Waals surface area contributed by atoms with Crippen molar-refractivity contribution >= 4 is 34.8 Å². The molecule has 1 heterocycles. The fourth-order valence-corrected chi connectivity index (χ4v) is 2.92. The smallest absolute Gasteiger partial charge is 0.323 e. The van der Waals surface area contributed by atoms with E-state index in [0.29, 0.717) is 5.02 Å². The molecule has 5 nitrogen and oxygen atoms in total. The maximum atomic E-state index is 12.6. The number of aromatic nitrogens is 1. The fourth-order valence-electron chi connectivity index (χ4n) is 1.99. The summed E-state index contributed by atoms with van der Waals surface area (Å²) in [4.78, 5) is 29.2. The number of carboxylic acids is 1. The van der Waals surface area contributed by atoms with Gasteiger partial charge in [0.25, 0.3) is 5.91 Å². The van der Waals surface area contributed by atoms with Crippen molar-refractivity contribution in [1.82, 2.24) is 9.88 Å². The molecule has 1 aromatic heterocycles. The van der Waals surface area contributed by atoms with Gasteiger partial charge in [-0.1, -0.05) is 37.6 Å². The van der Waals surface area contributed by atoms with Crippen molar-refractivity contribution in [2.75, 3.05) is 6.54 Å². The molecule has 0 bridgehead atoms. The van der Waals surface area contributed by atoms with Crippen LogP contribution in [0.1, 0.15) is 40.8 Å². The van der Waals surface area contributed by atoms with Crippen LogP contribution in [0.3, 0.4) is 0 Å². The Labute approximate surface area is 143 Å². The number of thiazole rings is 1. The van der Waals surface area contributed by atoms with E-state index in [1.54, 1.807) is 29.6 Å². The van der Waals surface area contributed by atoms with Crippen molar-refractivity contribution in [2.24, 2.45) is 0 Å². The van der Waals surface area contributed by atoms with Crippen LogP contribution < -0.4 is 0 Å². The predicted molar refractivity (Wildman–Crippen MR) is 90.0 cm³/mol. The number of benzene rings is 1. The first-order valence-electron chi connectivity index (χ1n) is 7.07. The summed E-state index contributed by atoms with van der Waals surface area (Å²) in [5, 5.41) is 12.2. The van der Waals surface area contributed by atoms with Gasteiger partial charge in [-0.15, -0.1) is 11.3 Å². The van der Waals surface area contributed by atoms with Gasteiger partial charge in [-0.2, -0.15) is 0 Å². The van der Waals surface area contributed by atoms with E-state index in [1.807, 2.05) is 13.8 Å². The molecule has 2 aromatic rings. The first kappa shape index (κ1) is 17.4. The maximum absolute atomic E-state index is 12.6. The van der Waals surface area contributed by atoms with Gasteiger partial charge in [0, 0.05) is 22.9 Å². The van der Waals surface area contributed by atoms with E-state index in [1.165, 1.54) is 16.2 Å². The minimum absolute atomic E-state index is 0.191. The van der Waals surface area contributed by atoms with Gasteiger partial charge in [0.05, 0.1) is 5.01 Å². The van der Waals surface area contributed by atoms with Gasteiger partial charge < -0.3 is 10.0 Å². The van der Waals surface area contributed by atoms with Gasteiger partial charge in [-0.3, -0.25) is 9.59 Å². The molecule has 122 valence electrons. The van der Waals surface area contributed by atoms with E-state index in [4.69, 9.17) is 16.7 Å². The highest BCUT2D eigenvalue weighted by Crippen LogP contribution is 2.21. The maximum Gasteiger partial charge on any atom is 0.323 e. The molecule has 7 heteroatoms. The van der Waals surface area contributed by atoms with Crippen molar-refractivity contribution in [2.45, 2.75) is 26.3 Å². The summed E-state index contributed by atoms with van der Waals surface area (Å²) < 4.78 is 0. The Morgan fingerprint density at radius 3 is 2.48 bits per heavy atom. The van der Waals surface area contributed by atoms with Crippen molar-refractivity contribution in [3.8, 4) is 0 Å². The van der Waals surface area contributed by atoms with Gasteiger partial charge in [0.1, 0.15) is 12.2 Å².